The van der Waals surface area contributed by atoms with Crippen molar-refractivity contribution in [2.24, 2.45) is 0 Å². The van der Waals surface area contributed by atoms with Gasteiger partial charge in [-0.3, -0.25) is 0 Å². The molecule has 1 aliphatic rings. The van der Waals surface area contributed by atoms with E-state index in [1.807, 2.05) is 0 Å². The summed E-state index contributed by atoms with van der Waals surface area (Å²) in [6, 6.07) is 2.01. The molecule has 0 saturated heterocycles. The van der Waals surface area contributed by atoms with Gasteiger partial charge in [0.05, 0.1) is 11.6 Å². The first-order chi connectivity index (χ1) is 10.5. The fourth-order valence-corrected chi connectivity index (χ4v) is 2.18. The summed E-state index contributed by atoms with van der Waals surface area (Å²) in [5.41, 5.74) is -1.32. The van der Waals surface area contributed by atoms with Gasteiger partial charge < -0.3 is 19.9 Å². The van der Waals surface area contributed by atoms with Crippen molar-refractivity contribution in [1.82, 2.24) is 5.32 Å². The molecule has 2 N–H and O–H groups in total. The highest BCUT2D eigenvalue weighted by molar-refractivity contribution is 5.69. The van der Waals surface area contributed by atoms with Crippen molar-refractivity contribution >= 4 is 6.09 Å². The zero-order valence-corrected chi connectivity index (χ0v) is 12.9. The molecule has 0 bridgehead atoms. The Hall–Kier alpha value is -1.96. The van der Waals surface area contributed by atoms with Gasteiger partial charge in [0, 0.05) is 5.56 Å². The predicted molar refractivity (Wildman–Crippen MR) is 75.1 cm³/mol. The van der Waals surface area contributed by atoms with Crippen LogP contribution in [0.1, 0.15) is 37.9 Å². The number of nitrogens with one attached hydrogen (secondary N) is 1. The normalized spacial score (nSPS) is 21.2. The van der Waals surface area contributed by atoms with Crippen LogP contribution < -0.4 is 10.1 Å². The minimum absolute atomic E-state index is 0.0221. The average Bonchev–Trinajstić information content (AvgIpc) is 2.38. The van der Waals surface area contributed by atoms with Crippen LogP contribution in [0.4, 0.5) is 18.0 Å². The molecule has 0 fully saturated rings. The zero-order chi connectivity index (χ0) is 17.4. The third-order valence-corrected chi connectivity index (χ3v) is 3.14. The van der Waals surface area contributed by atoms with E-state index in [-0.39, 0.29) is 17.9 Å². The number of hydrogen-bond donors (Lipinski definition) is 2. The van der Waals surface area contributed by atoms with E-state index < -0.39 is 35.6 Å². The van der Waals surface area contributed by atoms with Crippen molar-refractivity contribution in [2.45, 2.75) is 44.7 Å². The lowest BCUT2D eigenvalue weighted by Crippen LogP contribution is -2.43. The van der Waals surface area contributed by atoms with Gasteiger partial charge in [0.25, 0.3) is 0 Å². The molecule has 1 amide bonds. The number of ether oxygens (including phenoxy) is 2. The van der Waals surface area contributed by atoms with Crippen molar-refractivity contribution in [3.63, 3.8) is 0 Å². The van der Waals surface area contributed by atoms with Gasteiger partial charge in [0.15, 0.2) is 0 Å². The third kappa shape index (κ3) is 4.28. The van der Waals surface area contributed by atoms with Gasteiger partial charge in [-0.15, -0.1) is 0 Å². The van der Waals surface area contributed by atoms with E-state index in [0.29, 0.717) is 0 Å². The quantitative estimate of drug-likeness (QED) is 0.829. The molecule has 1 aromatic carbocycles. The van der Waals surface area contributed by atoms with Crippen LogP contribution >= 0.6 is 0 Å². The number of alkyl carbamates (subject to hydrolysis) is 1. The van der Waals surface area contributed by atoms with Gasteiger partial charge in [-0.1, -0.05) is 6.07 Å². The highest BCUT2D eigenvalue weighted by Gasteiger charge is 2.36. The smallest absolute Gasteiger partial charge is 0.416 e. The summed E-state index contributed by atoms with van der Waals surface area (Å²) < 4.78 is 48.4. The highest BCUT2D eigenvalue weighted by Crippen LogP contribution is 2.38. The number of rotatable bonds is 1. The van der Waals surface area contributed by atoms with Crippen LogP contribution in [0.2, 0.25) is 0 Å². The molecule has 23 heavy (non-hydrogen) atoms. The van der Waals surface area contributed by atoms with Crippen LogP contribution in [-0.4, -0.2) is 29.5 Å². The summed E-state index contributed by atoms with van der Waals surface area (Å²) in [4.78, 5) is 11.8. The van der Waals surface area contributed by atoms with Gasteiger partial charge in [-0.2, -0.15) is 13.2 Å². The van der Waals surface area contributed by atoms with Gasteiger partial charge >= 0.3 is 12.3 Å². The van der Waals surface area contributed by atoms with Crippen LogP contribution in [0, 0.1) is 0 Å². The molecule has 128 valence electrons. The summed E-state index contributed by atoms with van der Waals surface area (Å²) in [7, 11) is 0. The Kier molecular flexibility index (Phi) is 4.48. The third-order valence-electron chi connectivity index (χ3n) is 3.14. The Morgan fingerprint density at radius 2 is 2.00 bits per heavy atom. The first-order valence-corrected chi connectivity index (χ1v) is 6.99. The molecule has 1 aliphatic heterocycles. The molecule has 1 aromatic rings. The Bertz CT molecular complexity index is 595. The number of fused-ring (bicyclic) bond motifs is 1. The Labute approximate surface area is 131 Å². The number of amides is 1. The van der Waals surface area contributed by atoms with Crippen molar-refractivity contribution in [1.29, 1.82) is 0 Å². The molecule has 5 nitrogen and oxygen atoms in total. The van der Waals surface area contributed by atoms with Crippen molar-refractivity contribution in [3.8, 4) is 5.75 Å². The second-order valence-electron chi connectivity index (χ2n) is 6.25. The molecule has 0 saturated carbocycles. The maximum atomic E-state index is 12.7. The van der Waals surface area contributed by atoms with E-state index in [4.69, 9.17) is 9.47 Å². The summed E-state index contributed by atoms with van der Waals surface area (Å²) in [5, 5.41) is 12.4. The van der Waals surface area contributed by atoms with Crippen molar-refractivity contribution < 1.29 is 32.5 Å². The van der Waals surface area contributed by atoms with Crippen molar-refractivity contribution in [2.75, 3.05) is 6.61 Å². The van der Waals surface area contributed by atoms with Crippen LogP contribution in [0.25, 0.3) is 0 Å². The van der Waals surface area contributed by atoms with E-state index in [1.54, 1.807) is 20.8 Å². The maximum absolute atomic E-state index is 12.7. The number of carbonyl (C=O) groups is 1. The van der Waals surface area contributed by atoms with E-state index >= 15 is 0 Å². The number of benzene rings is 1. The number of aliphatic hydroxyl groups excluding tert-OH is 1. The minimum Gasteiger partial charge on any atom is -0.490 e. The number of hydrogen-bond acceptors (Lipinski definition) is 4. The average molecular weight is 333 g/mol. The van der Waals surface area contributed by atoms with Gasteiger partial charge in [0.2, 0.25) is 0 Å². The number of carbonyl (C=O) groups excluding carboxylic acids is 1. The first kappa shape index (κ1) is 17.4. The maximum Gasteiger partial charge on any atom is 0.416 e. The second kappa shape index (κ2) is 5.92. The topological polar surface area (TPSA) is 67.8 Å². The van der Waals surface area contributed by atoms with E-state index in [9.17, 15) is 23.1 Å². The molecule has 0 unspecified atom stereocenters. The minimum atomic E-state index is -4.50. The van der Waals surface area contributed by atoms with Crippen LogP contribution in [-0.2, 0) is 10.9 Å². The largest absolute Gasteiger partial charge is 0.490 e. The van der Waals surface area contributed by atoms with Gasteiger partial charge in [0.1, 0.15) is 24.1 Å². The molecule has 0 aromatic heterocycles. The van der Waals surface area contributed by atoms with E-state index in [2.05, 4.69) is 5.32 Å². The van der Waals surface area contributed by atoms with Crippen LogP contribution in [0.3, 0.4) is 0 Å². The summed E-state index contributed by atoms with van der Waals surface area (Å²) in [6.07, 6.45) is -6.36. The summed E-state index contributed by atoms with van der Waals surface area (Å²) in [6.45, 7) is 4.80. The van der Waals surface area contributed by atoms with Gasteiger partial charge in [-0.05, 0) is 32.9 Å². The van der Waals surface area contributed by atoms with E-state index in [0.717, 1.165) is 12.1 Å². The van der Waals surface area contributed by atoms with Crippen molar-refractivity contribution in [3.05, 3.63) is 29.3 Å². The highest BCUT2D eigenvalue weighted by atomic mass is 19.4. The SMILES string of the molecule is CC(C)(C)OC(=O)N[C@@H]1c2ccc(C(F)(F)F)cc2OC[C@@H]1O. The Morgan fingerprint density at radius 1 is 1.35 bits per heavy atom. The molecule has 2 rings (SSSR count). The van der Waals surface area contributed by atoms with Crippen LogP contribution in [0.15, 0.2) is 18.2 Å². The molecule has 0 spiro atoms. The van der Waals surface area contributed by atoms with E-state index in [1.165, 1.54) is 6.07 Å². The molecule has 0 radical (unpaired) electrons. The molecule has 0 aliphatic carbocycles. The number of aliphatic hydroxyl groups is 1. The monoisotopic (exact) mass is 333 g/mol. The fraction of sp³-hybridized carbons (Fsp3) is 0.533. The standard InChI is InChI=1S/C15H18F3NO4/c1-14(2,3)23-13(21)19-12-9-5-4-8(15(16,17)18)6-11(9)22-7-10(12)20/h4-6,10,12,20H,7H2,1-3H3,(H,19,21)/t10-,12+/m0/s1. The number of alkyl halides is 3. The first-order valence-electron chi connectivity index (χ1n) is 6.99. The predicted octanol–water partition coefficient (Wildman–Crippen LogP) is 3.02. The Morgan fingerprint density at radius 3 is 2.57 bits per heavy atom. The molecule has 1 heterocycles. The lowest BCUT2D eigenvalue weighted by molar-refractivity contribution is -0.137. The zero-order valence-electron chi connectivity index (χ0n) is 12.9. The summed E-state index contributed by atoms with van der Waals surface area (Å²) in [5.74, 6) is -0.0221. The molecule has 2 atom stereocenters. The molecular weight excluding hydrogens is 315 g/mol. The van der Waals surface area contributed by atoms with Crippen LogP contribution in [0.5, 0.6) is 5.75 Å². The van der Waals surface area contributed by atoms with Gasteiger partial charge in [-0.25, -0.2) is 4.79 Å². The Balaban J connectivity index is 2.25. The molecular formula is C15H18F3NO4. The fourth-order valence-electron chi connectivity index (χ4n) is 2.18. The number of halogens is 3. The summed E-state index contributed by atoms with van der Waals surface area (Å²) >= 11 is 0. The lowest BCUT2D eigenvalue weighted by Gasteiger charge is -2.32. The lowest BCUT2D eigenvalue weighted by atomic mass is 9.97. The second-order valence-corrected chi connectivity index (χ2v) is 6.25. The molecule has 8 heteroatoms.